The number of hydrogen-bond acceptors (Lipinski definition) is 7. The van der Waals surface area contributed by atoms with E-state index in [-0.39, 0.29) is 32.1 Å². The van der Waals surface area contributed by atoms with Gasteiger partial charge in [0.1, 0.15) is 25.8 Å². The van der Waals surface area contributed by atoms with Crippen molar-refractivity contribution in [2.75, 3.05) is 13.1 Å². The molecular weight excluding hydrogens is 424 g/mol. The second-order valence-electron chi connectivity index (χ2n) is 7.08. The highest BCUT2D eigenvalue weighted by molar-refractivity contribution is 5.93. The fourth-order valence-corrected chi connectivity index (χ4v) is 2.56. The molecule has 0 bridgehead atoms. The molecule has 1 radical (unpaired) electrons. The third-order valence-corrected chi connectivity index (χ3v) is 4.40. The summed E-state index contributed by atoms with van der Waals surface area (Å²) >= 11 is 0. The van der Waals surface area contributed by atoms with Crippen molar-refractivity contribution in [1.82, 2.24) is 21.7 Å². The Bertz CT molecular complexity index is 706. The molecule has 32 heavy (non-hydrogen) atoms. The van der Waals surface area contributed by atoms with Crippen molar-refractivity contribution >= 4 is 35.9 Å². The maximum absolute atomic E-state index is 12.7. The molecule has 13 heteroatoms. The number of primary amides is 1. The van der Waals surface area contributed by atoms with Crippen LogP contribution in [0.1, 0.15) is 52.7 Å². The summed E-state index contributed by atoms with van der Waals surface area (Å²) in [4.78, 5) is 70.0. The zero-order valence-corrected chi connectivity index (χ0v) is 17.9. The average molecular weight is 460 g/mol. The van der Waals surface area contributed by atoms with Gasteiger partial charge in [-0.3, -0.25) is 24.0 Å². The van der Waals surface area contributed by atoms with E-state index in [0.29, 0.717) is 19.5 Å². The highest BCUT2D eigenvalue weighted by atomic mass is 16.4. The van der Waals surface area contributed by atoms with Crippen LogP contribution in [0.2, 0.25) is 0 Å². The molecule has 0 aromatic carbocycles. The summed E-state index contributed by atoms with van der Waals surface area (Å²) in [6.07, 6.45) is -1.16. The van der Waals surface area contributed by atoms with Gasteiger partial charge in [-0.2, -0.15) is 0 Å². The molecular formula is C19H33N6O7. The predicted molar refractivity (Wildman–Crippen MR) is 113 cm³/mol. The lowest BCUT2D eigenvalue weighted by atomic mass is 10.1. The van der Waals surface area contributed by atoms with Crippen molar-refractivity contribution in [3.8, 4) is 0 Å². The number of aldehydes is 1. The van der Waals surface area contributed by atoms with Gasteiger partial charge in [0.25, 0.3) is 0 Å². The maximum atomic E-state index is 12.7. The molecule has 9 N–H and O–H groups in total. The average Bonchev–Trinajstić information content (AvgIpc) is 2.74. The van der Waals surface area contributed by atoms with Gasteiger partial charge >= 0.3 is 5.97 Å². The van der Waals surface area contributed by atoms with E-state index in [1.165, 1.54) is 0 Å². The number of carbonyl (C=O) groups excluding carboxylic acids is 5. The molecule has 0 fully saturated rings. The molecule has 0 aromatic rings. The number of unbranched alkanes of at least 4 members (excludes halogenated alkanes) is 1. The molecule has 0 heterocycles. The Morgan fingerprint density at radius 2 is 1.66 bits per heavy atom. The second-order valence-corrected chi connectivity index (χ2v) is 7.08. The van der Waals surface area contributed by atoms with E-state index in [1.54, 1.807) is 0 Å². The number of aliphatic carboxylic acids is 1. The Kier molecular flexibility index (Phi) is 14.0. The summed E-state index contributed by atoms with van der Waals surface area (Å²) in [5.41, 5.74) is 18.3. The van der Waals surface area contributed by atoms with E-state index in [4.69, 9.17) is 23.7 Å². The number of carbonyl (C=O) groups is 6. The predicted octanol–water partition coefficient (Wildman–Crippen LogP) is -2.43. The Morgan fingerprint density at radius 3 is 2.22 bits per heavy atom. The van der Waals surface area contributed by atoms with Gasteiger partial charge in [0.05, 0.1) is 0 Å². The number of amides is 4. The van der Waals surface area contributed by atoms with Crippen LogP contribution in [0.3, 0.4) is 0 Å². The lowest BCUT2D eigenvalue weighted by molar-refractivity contribution is -0.137. The summed E-state index contributed by atoms with van der Waals surface area (Å²) in [5.74, 6) is -4.32. The highest BCUT2D eigenvalue weighted by Gasteiger charge is 2.28. The van der Waals surface area contributed by atoms with Crippen LogP contribution in [0.5, 0.6) is 0 Å². The molecule has 0 aliphatic rings. The maximum Gasteiger partial charge on any atom is 0.303 e. The molecule has 0 aromatic heterocycles. The third-order valence-electron chi connectivity index (χ3n) is 4.40. The van der Waals surface area contributed by atoms with E-state index >= 15 is 0 Å². The standard InChI is InChI=1S/C19H33N6O7/c20-9-1-2-10-23-15(27)7-6-14(25-18(31)12(21)5-8-16(28)29)19(32)24-13(17(22)30)4-3-11-26/h11-14,21H,1-10,20H2,(H2,22,30)(H,23,27)(H,24,32)(H,25,31)(H,28,29)/i11T. The largest absolute Gasteiger partial charge is 0.481 e. The fourth-order valence-electron chi connectivity index (χ4n) is 2.56. The van der Waals surface area contributed by atoms with Crippen LogP contribution in [-0.4, -0.2) is 72.2 Å². The van der Waals surface area contributed by atoms with E-state index in [2.05, 4.69) is 16.0 Å². The van der Waals surface area contributed by atoms with Gasteiger partial charge in [-0.15, -0.1) is 0 Å². The van der Waals surface area contributed by atoms with Crippen LogP contribution in [0.25, 0.3) is 0 Å². The first-order chi connectivity index (χ1) is 15.5. The van der Waals surface area contributed by atoms with Crippen molar-refractivity contribution < 1.29 is 35.2 Å². The molecule has 181 valence electrons. The highest BCUT2D eigenvalue weighted by Crippen LogP contribution is 2.04. The first kappa shape index (κ1) is 27.0. The van der Waals surface area contributed by atoms with E-state index in [1.807, 2.05) is 0 Å². The minimum atomic E-state index is -1.46. The second kappa shape index (κ2) is 16.6. The zero-order chi connectivity index (χ0) is 25.4. The van der Waals surface area contributed by atoms with Crippen LogP contribution in [0.15, 0.2) is 0 Å². The van der Waals surface area contributed by atoms with Gasteiger partial charge in [-0.25, -0.2) is 5.73 Å². The van der Waals surface area contributed by atoms with Gasteiger partial charge in [-0.1, -0.05) is 0 Å². The fraction of sp³-hybridized carbons (Fsp3) is 0.684. The molecule has 4 amide bonds. The van der Waals surface area contributed by atoms with Gasteiger partial charge in [0.2, 0.25) is 23.6 Å². The minimum absolute atomic E-state index is 0.161. The van der Waals surface area contributed by atoms with Crippen LogP contribution >= 0.6 is 0 Å². The van der Waals surface area contributed by atoms with Gasteiger partial charge in [0, 0.05) is 25.8 Å². The molecule has 3 unspecified atom stereocenters. The molecule has 0 aliphatic carbocycles. The Labute approximate surface area is 187 Å². The third kappa shape index (κ3) is 13.3. The van der Waals surface area contributed by atoms with E-state index in [9.17, 15) is 28.8 Å². The summed E-state index contributed by atoms with van der Waals surface area (Å²) < 4.78 is 6.91. The molecule has 0 aliphatic heterocycles. The molecule has 0 saturated carbocycles. The topological polar surface area (TPSA) is 235 Å². The van der Waals surface area contributed by atoms with E-state index in [0.717, 1.165) is 6.42 Å². The lowest BCUT2D eigenvalue weighted by Crippen LogP contribution is -2.54. The monoisotopic (exact) mass is 459 g/mol. The Hall–Kier alpha value is -3.06. The zero-order valence-electron chi connectivity index (χ0n) is 18.9. The molecule has 0 saturated heterocycles. The SMILES string of the molecule is [3H]C(=O)CCC(NC(=O)C(CCC(=O)NCCCCN)NC(=O)C([NH])CCC(=O)O)C(N)=O. The first-order valence-electron chi connectivity index (χ1n) is 10.8. The minimum Gasteiger partial charge on any atom is -0.481 e. The summed E-state index contributed by atoms with van der Waals surface area (Å²) in [7, 11) is 0. The molecule has 13 nitrogen and oxygen atoms in total. The van der Waals surface area contributed by atoms with Gasteiger partial charge in [-0.05, 0) is 38.6 Å². The van der Waals surface area contributed by atoms with Crippen molar-refractivity contribution in [2.24, 2.45) is 11.5 Å². The lowest BCUT2D eigenvalue weighted by Gasteiger charge is -2.22. The smallest absolute Gasteiger partial charge is 0.303 e. The molecule has 3 atom stereocenters. The summed E-state index contributed by atoms with van der Waals surface area (Å²) in [6.45, 7) is 0.862. The molecule has 0 spiro atoms. The number of rotatable bonds is 18. The number of nitrogens with one attached hydrogen (secondary N) is 4. The van der Waals surface area contributed by atoms with Crippen molar-refractivity contribution in [3.05, 3.63) is 0 Å². The van der Waals surface area contributed by atoms with Crippen LogP contribution in [-0.2, 0) is 28.8 Å². The Morgan fingerprint density at radius 1 is 1.00 bits per heavy atom. The van der Waals surface area contributed by atoms with E-state index < -0.39 is 60.4 Å². The van der Waals surface area contributed by atoms with Crippen molar-refractivity contribution in [2.45, 2.75) is 69.5 Å². The number of nitrogens with two attached hydrogens (primary N) is 2. The number of carboxylic acid groups (broad SMARTS) is 1. The Balaban J connectivity index is 5.16. The van der Waals surface area contributed by atoms with Crippen LogP contribution in [0, 0.1) is 0 Å². The summed E-state index contributed by atoms with van der Waals surface area (Å²) in [6, 6.07) is -4.07. The molecule has 0 rings (SSSR count). The van der Waals surface area contributed by atoms with Crippen LogP contribution < -0.4 is 33.2 Å². The quantitative estimate of drug-likeness (QED) is 0.0949. The van der Waals surface area contributed by atoms with Crippen molar-refractivity contribution in [1.29, 1.82) is 0 Å². The normalized spacial score (nSPS) is 13.8. The van der Waals surface area contributed by atoms with Crippen molar-refractivity contribution in [3.63, 3.8) is 0 Å². The number of carboxylic acids is 1. The van der Waals surface area contributed by atoms with Gasteiger partial charge in [0.15, 0.2) is 0 Å². The number of hydrogen-bond donors (Lipinski definition) is 6. The van der Waals surface area contributed by atoms with Gasteiger partial charge < -0.3 is 37.3 Å². The first-order valence-corrected chi connectivity index (χ1v) is 10.3. The van der Waals surface area contributed by atoms with Crippen LogP contribution in [0.4, 0.5) is 0 Å². The summed E-state index contributed by atoms with van der Waals surface area (Å²) in [5, 5.41) is 15.9.